The van der Waals surface area contributed by atoms with Crippen LogP contribution in [0.1, 0.15) is 17.2 Å². The Morgan fingerprint density at radius 3 is 2.35 bits per heavy atom. The number of benzene rings is 3. The van der Waals surface area contributed by atoms with Gasteiger partial charge in [0.15, 0.2) is 11.5 Å². The molecule has 1 unspecified atom stereocenters. The third-order valence-corrected chi connectivity index (χ3v) is 5.70. The number of ether oxygens (including phenoxy) is 2. The monoisotopic (exact) mass is 483 g/mol. The van der Waals surface area contributed by atoms with Gasteiger partial charge in [0.25, 0.3) is 11.7 Å². The number of Topliss-reactive ketones (excluding diaryl/α,β-unsaturated/α-hetero) is 1. The van der Waals surface area contributed by atoms with Gasteiger partial charge in [-0.15, -0.1) is 0 Å². The van der Waals surface area contributed by atoms with Crippen LogP contribution in [-0.4, -0.2) is 36.1 Å². The molecule has 34 heavy (non-hydrogen) atoms. The van der Waals surface area contributed by atoms with Gasteiger partial charge in [-0.2, -0.15) is 0 Å². The summed E-state index contributed by atoms with van der Waals surface area (Å²) in [6.45, 7) is 0. The number of aliphatic hydroxyl groups is 1. The largest absolute Gasteiger partial charge is 0.507 e. The van der Waals surface area contributed by atoms with E-state index in [0.29, 0.717) is 16.3 Å². The molecular weight excluding hydrogens is 465 g/mol. The minimum Gasteiger partial charge on any atom is -0.507 e. The molecule has 1 aliphatic heterocycles. The molecule has 3 aromatic carbocycles. The molecule has 174 valence electrons. The minimum absolute atomic E-state index is 0.101. The quantitative estimate of drug-likeness (QED) is 0.306. The highest BCUT2D eigenvalue weighted by Gasteiger charge is 2.47. The van der Waals surface area contributed by atoms with Gasteiger partial charge in [-0.05, 0) is 54.1 Å². The van der Waals surface area contributed by atoms with Crippen molar-refractivity contribution in [3.8, 4) is 17.2 Å². The third kappa shape index (κ3) is 3.92. The number of amides is 1. The van der Waals surface area contributed by atoms with Gasteiger partial charge in [-0.25, -0.2) is 4.39 Å². The zero-order chi connectivity index (χ0) is 24.6. The van der Waals surface area contributed by atoms with Crippen molar-refractivity contribution in [2.24, 2.45) is 0 Å². The normalized spacial score (nSPS) is 17.2. The lowest BCUT2D eigenvalue weighted by Gasteiger charge is -2.26. The van der Waals surface area contributed by atoms with Crippen LogP contribution in [0.15, 0.2) is 66.2 Å². The van der Waals surface area contributed by atoms with Crippen molar-refractivity contribution < 1.29 is 33.7 Å². The SMILES string of the molecule is COc1ccc(C2/C(=C(\O)c3cc(F)ccc3OC)C(=O)C(=O)N2c2cccc(Cl)c2)cc1O. The lowest BCUT2D eigenvalue weighted by Crippen LogP contribution is -2.29. The summed E-state index contributed by atoms with van der Waals surface area (Å²) in [6, 6.07) is 12.9. The van der Waals surface area contributed by atoms with Crippen molar-refractivity contribution in [3.63, 3.8) is 0 Å². The number of aromatic hydroxyl groups is 1. The average molecular weight is 484 g/mol. The maximum absolute atomic E-state index is 14.0. The topological polar surface area (TPSA) is 96.3 Å². The minimum atomic E-state index is -1.16. The molecule has 0 bridgehead atoms. The summed E-state index contributed by atoms with van der Waals surface area (Å²) >= 11 is 6.12. The van der Waals surface area contributed by atoms with E-state index in [2.05, 4.69) is 0 Å². The Hall–Kier alpha value is -4.04. The first-order valence-corrected chi connectivity index (χ1v) is 10.4. The molecular formula is C25H19ClFNO6. The second kappa shape index (κ2) is 9.07. The van der Waals surface area contributed by atoms with Crippen LogP contribution in [0.5, 0.6) is 17.2 Å². The molecule has 4 rings (SSSR count). The number of hydrogen-bond acceptors (Lipinski definition) is 6. The van der Waals surface area contributed by atoms with Crippen LogP contribution in [-0.2, 0) is 9.59 Å². The summed E-state index contributed by atoms with van der Waals surface area (Å²) in [5.74, 6) is -3.19. The van der Waals surface area contributed by atoms with E-state index in [1.807, 2.05) is 0 Å². The molecule has 0 spiro atoms. The number of methoxy groups -OCH3 is 2. The molecule has 9 heteroatoms. The summed E-state index contributed by atoms with van der Waals surface area (Å²) in [4.78, 5) is 27.5. The second-order valence-corrected chi connectivity index (χ2v) is 7.86. The Bertz CT molecular complexity index is 1340. The number of carbonyl (C=O) groups excluding carboxylic acids is 2. The van der Waals surface area contributed by atoms with Crippen molar-refractivity contribution >= 4 is 34.7 Å². The van der Waals surface area contributed by atoms with Crippen molar-refractivity contribution in [2.75, 3.05) is 19.1 Å². The standard InChI is InChI=1S/C25H19ClFNO6/c1-33-19-9-7-15(27)12-17(19)23(30)21-22(13-6-8-20(34-2)18(29)10-13)28(25(32)24(21)31)16-5-3-4-14(26)11-16/h3-12,22,29-30H,1-2H3/b23-21+. The van der Waals surface area contributed by atoms with Gasteiger partial charge in [0.2, 0.25) is 0 Å². The van der Waals surface area contributed by atoms with Crippen molar-refractivity contribution in [2.45, 2.75) is 6.04 Å². The molecule has 1 atom stereocenters. The number of anilines is 1. The number of nitrogens with zero attached hydrogens (tertiary/aromatic N) is 1. The molecule has 0 saturated carbocycles. The molecule has 1 aliphatic rings. The number of phenols is 1. The molecule has 0 radical (unpaired) electrons. The van der Waals surface area contributed by atoms with Crippen LogP contribution in [0.4, 0.5) is 10.1 Å². The average Bonchev–Trinajstić information content (AvgIpc) is 3.09. The number of ketones is 1. The fraction of sp³-hybridized carbons (Fsp3) is 0.120. The predicted molar refractivity (Wildman–Crippen MR) is 124 cm³/mol. The highest BCUT2D eigenvalue weighted by molar-refractivity contribution is 6.51. The smallest absolute Gasteiger partial charge is 0.300 e. The Morgan fingerprint density at radius 2 is 1.71 bits per heavy atom. The highest BCUT2D eigenvalue weighted by atomic mass is 35.5. The van der Waals surface area contributed by atoms with Gasteiger partial charge < -0.3 is 19.7 Å². The van der Waals surface area contributed by atoms with Crippen molar-refractivity contribution in [1.29, 1.82) is 0 Å². The first-order valence-electron chi connectivity index (χ1n) is 10.0. The van der Waals surface area contributed by atoms with E-state index in [1.165, 1.54) is 38.5 Å². The molecule has 2 N–H and O–H groups in total. The number of rotatable bonds is 5. The van der Waals surface area contributed by atoms with Crippen LogP contribution < -0.4 is 14.4 Å². The number of halogens is 2. The van der Waals surface area contributed by atoms with E-state index in [4.69, 9.17) is 21.1 Å². The lowest BCUT2D eigenvalue weighted by molar-refractivity contribution is -0.132. The summed E-state index contributed by atoms with van der Waals surface area (Å²) in [5, 5.41) is 21.9. The van der Waals surface area contributed by atoms with Crippen LogP contribution in [0.25, 0.3) is 5.76 Å². The maximum Gasteiger partial charge on any atom is 0.300 e. The Labute approximate surface area is 199 Å². The van der Waals surface area contributed by atoms with Crippen molar-refractivity contribution in [3.05, 3.63) is 88.2 Å². The third-order valence-electron chi connectivity index (χ3n) is 5.47. The van der Waals surface area contributed by atoms with E-state index in [-0.39, 0.29) is 28.4 Å². The van der Waals surface area contributed by atoms with Gasteiger partial charge in [-0.3, -0.25) is 14.5 Å². The van der Waals surface area contributed by atoms with Crippen LogP contribution in [0, 0.1) is 5.82 Å². The second-order valence-electron chi connectivity index (χ2n) is 7.42. The van der Waals surface area contributed by atoms with E-state index in [0.717, 1.165) is 17.0 Å². The number of aliphatic hydroxyl groups excluding tert-OH is 1. The zero-order valence-electron chi connectivity index (χ0n) is 18.1. The number of hydrogen-bond donors (Lipinski definition) is 2. The molecule has 1 amide bonds. The van der Waals surface area contributed by atoms with Crippen LogP contribution in [0.2, 0.25) is 5.02 Å². The first-order chi connectivity index (χ1) is 16.3. The summed E-state index contributed by atoms with van der Waals surface area (Å²) < 4.78 is 24.3. The highest BCUT2D eigenvalue weighted by Crippen LogP contribution is 2.45. The van der Waals surface area contributed by atoms with Crippen molar-refractivity contribution in [1.82, 2.24) is 0 Å². The van der Waals surface area contributed by atoms with Gasteiger partial charge >= 0.3 is 0 Å². The number of phenolic OH excluding ortho intramolecular Hbond substituents is 1. The predicted octanol–water partition coefficient (Wildman–Crippen LogP) is 4.83. The fourth-order valence-electron chi connectivity index (χ4n) is 3.93. The molecule has 0 aliphatic carbocycles. The zero-order valence-corrected chi connectivity index (χ0v) is 18.8. The fourth-order valence-corrected chi connectivity index (χ4v) is 4.11. The van der Waals surface area contributed by atoms with E-state index in [9.17, 15) is 24.2 Å². The molecule has 7 nitrogen and oxygen atoms in total. The summed E-state index contributed by atoms with van der Waals surface area (Å²) in [5.41, 5.74) is 0.183. The Morgan fingerprint density at radius 1 is 1.00 bits per heavy atom. The number of carbonyl (C=O) groups is 2. The Kier molecular flexibility index (Phi) is 6.17. The summed E-state index contributed by atoms with van der Waals surface area (Å²) in [6.07, 6.45) is 0. The van der Waals surface area contributed by atoms with Gasteiger partial charge in [0, 0.05) is 10.7 Å². The molecule has 3 aromatic rings. The van der Waals surface area contributed by atoms with Gasteiger partial charge in [-0.1, -0.05) is 23.7 Å². The molecule has 1 heterocycles. The van der Waals surface area contributed by atoms with Crippen LogP contribution >= 0.6 is 11.6 Å². The van der Waals surface area contributed by atoms with E-state index in [1.54, 1.807) is 24.3 Å². The van der Waals surface area contributed by atoms with E-state index >= 15 is 0 Å². The first kappa shape index (κ1) is 23.1. The molecule has 0 aromatic heterocycles. The Balaban J connectivity index is 2.01. The summed E-state index contributed by atoms with van der Waals surface area (Å²) in [7, 11) is 2.70. The lowest BCUT2D eigenvalue weighted by atomic mass is 9.94. The molecule has 1 fully saturated rings. The van der Waals surface area contributed by atoms with Gasteiger partial charge in [0.05, 0.1) is 31.4 Å². The van der Waals surface area contributed by atoms with Gasteiger partial charge in [0.1, 0.15) is 17.3 Å². The molecule has 1 saturated heterocycles. The van der Waals surface area contributed by atoms with E-state index < -0.39 is 29.3 Å². The maximum atomic E-state index is 14.0. The van der Waals surface area contributed by atoms with Crippen LogP contribution in [0.3, 0.4) is 0 Å².